The molecular weight excluding hydrogens is 250 g/mol. The standard InChI is InChI=1S/C16H15N3O/c1-3-7-13(8-4-1)16-18-15(19-20-16)11-12-17-14-9-5-2-6-10-14/h1-10,17H,11-12H2. The Bertz CT molecular complexity index is 650. The summed E-state index contributed by atoms with van der Waals surface area (Å²) in [7, 11) is 0. The first-order valence-corrected chi connectivity index (χ1v) is 6.59. The predicted molar refractivity (Wildman–Crippen MR) is 78.4 cm³/mol. The fourth-order valence-corrected chi connectivity index (χ4v) is 1.93. The van der Waals surface area contributed by atoms with Crippen LogP contribution in [-0.2, 0) is 6.42 Å². The Morgan fingerprint density at radius 1 is 0.900 bits per heavy atom. The Morgan fingerprint density at radius 3 is 2.35 bits per heavy atom. The van der Waals surface area contributed by atoms with Crippen molar-refractivity contribution in [3.05, 3.63) is 66.5 Å². The van der Waals surface area contributed by atoms with Gasteiger partial charge in [0.2, 0.25) is 0 Å². The van der Waals surface area contributed by atoms with Gasteiger partial charge in [0.15, 0.2) is 5.82 Å². The van der Waals surface area contributed by atoms with E-state index in [2.05, 4.69) is 15.5 Å². The minimum atomic E-state index is 0.570. The molecule has 0 aliphatic rings. The number of hydrogen-bond acceptors (Lipinski definition) is 4. The van der Waals surface area contributed by atoms with Crippen LogP contribution in [-0.4, -0.2) is 16.7 Å². The highest BCUT2D eigenvalue weighted by atomic mass is 16.5. The quantitative estimate of drug-likeness (QED) is 0.768. The highest BCUT2D eigenvalue weighted by Gasteiger charge is 2.07. The fraction of sp³-hybridized carbons (Fsp3) is 0.125. The van der Waals surface area contributed by atoms with E-state index < -0.39 is 0 Å². The summed E-state index contributed by atoms with van der Waals surface area (Å²) in [6, 6.07) is 19.9. The summed E-state index contributed by atoms with van der Waals surface area (Å²) >= 11 is 0. The Labute approximate surface area is 117 Å². The van der Waals surface area contributed by atoms with Crippen molar-refractivity contribution in [1.82, 2.24) is 10.1 Å². The number of nitrogens with one attached hydrogen (secondary N) is 1. The first-order chi connectivity index (χ1) is 9.92. The van der Waals surface area contributed by atoms with Crippen LogP contribution in [0.25, 0.3) is 11.5 Å². The summed E-state index contributed by atoms with van der Waals surface area (Å²) in [4.78, 5) is 4.39. The molecule has 4 heteroatoms. The molecule has 0 aliphatic carbocycles. The van der Waals surface area contributed by atoms with Crippen molar-refractivity contribution in [1.29, 1.82) is 0 Å². The third kappa shape index (κ3) is 3.03. The maximum Gasteiger partial charge on any atom is 0.257 e. The van der Waals surface area contributed by atoms with Crippen LogP contribution in [0.3, 0.4) is 0 Å². The summed E-state index contributed by atoms with van der Waals surface area (Å²) < 4.78 is 5.26. The minimum Gasteiger partial charge on any atom is -0.385 e. The Morgan fingerprint density at radius 2 is 1.60 bits per heavy atom. The second-order valence-corrected chi connectivity index (χ2v) is 4.42. The van der Waals surface area contributed by atoms with Gasteiger partial charge in [0.25, 0.3) is 5.89 Å². The first-order valence-electron chi connectivity index (χ1n) is 6.59. The third-order valence-electron chi connectivity index (χ3n) is 2.94. The molecule has 100 valence electrons. The summed E-state index contributed by atoms with van der Waals surface area (Å²) in [5.74, 6) is 1.28. The molecule has 1 heterocycles. The first kappa shape index (κ1) is 12.4. The van der Waals surface area contributed by atoms with E-state index in [-0.39, 0.29) is 0 Å². The van der Waals surface area contributed by atoms with Gasteiger partial charge in [-0.3, -0.25) is 0 Å². The second-order valence-electron chi connectivity index (χ2n) is 4.42. The van der Waals surface area contributed by atoms with Gasteiger partial charge in [0.1, 0.15) is 0 Å². The van der Waals surface area contributed by atoms with E-state index in [1.807, 2.05) is 60.7 Å². The normalized spacial score (nSPS) is 10.4. The monoisotopic (exact) mass is 265 g/mol. The van der Waals surface area contributed by atoms with E-state index >= 15 is 0 Å². The third-order valence-corrected chi connectivity index (χ3v) is 2.94. The van der Waals surface area contributed by atoms with E-state index in [9.17, 15) is 0 Å². The SMILES string of the molecule is c1ccc(NCCc2noc(-c3ccccc3)n2)cc1. The van der Waals surface area contributed by atoms with Crippen LogP contribution in [0.4, 0.5) is 5.69 Å². The molecule has 0 fully saturated rings. The Kier molecular flexibility index (Phi) is 3.73. The summed E-state index contributed by atoms with van der Waals surface area (Å²) in [6.45, 7) is 0.776. The molecule has 0 unspecified atom stereocenters. The van der Waals surface area contributed by atoms with E-state index in [1.165, 1.54) is 0 Å². The number of anilines is 1. The van der Waals surface area contributed by atoms with Gasteiger partial charge in [-0.15, -0.1) is 0 Å². The van der Waals surface area contributed by atoms with Gasteiger partial charge in [-0.25, -0.2) is 0 Å². The van der Waals surface area contributed by atoms with Gasteiger partial charge >= 0.3 is 0 Å². The van der Waals surface area contributed by atoms with Crippen LogP contribution in [0.1, 0.15) is 5.82 Å². The molecule has 3 rings (SSSR count). The van der Waals surface area contributed by atoms with E-state index in [0.717, 1.165) is 24.2 Å². The molecule has 0 saturated carbocycles. The van der Waals surface area contributed by atoms with Crippen molar-refractivity contribution in [3.8, 4) is 11.5 Å². The van der Waals surface area contributed by atoms with Gasteiger partial charge in [-0.05, 0) is 24.3 Å². The number of hydrogen-bond donors (Lipinski definition) is 1. The lowest BCUT2D eigenvalue weighted by Crippen LogP contribution is -2.05. The highest BCUT2D eigenvalue weighted by molar-refractivity contribution is 5.52. The topological polar surface area (TPSA) is 51.0 Å². The van der Waals surface area contributed by atoms with Gasteiger partial charge in [0, 0.05) is 24.2 Å². The molecular formula is C16H15N3O. The van der Waals surface area contributed by atoms with Crippen molar-refractivity contribution in [2.24, 2.45) is 0 Å². The van der Waals surface area contributed by atoms with Crippen LogP contribution < -0.4 is 5.32 Å². The lowest BCUT2D eigenvalue weighted by atomic mass is 10.2. The van der Waals surface area contributed by atoms with E-state index in [0.29, 0.717) is 11.7 Å². The highest BCUT2D eigenvalue weighted by Crippen LogP contribution is 2.16. The maximum absolute atomic E-state index is 5.26. The average Bonchev–Trinajstić information content (AvgIpc) is 2.98. The summed E-state index contributed by atoms with van der Waals surface area (Å²) in [5, 5.41) is 7.32. The van der Waals surface area contributed by atoms with Crippen LogP contribution in [0.5, 0.6) is 0 Å². The number of rotatable bonds is 5. The minimum absolute atomic E-state index is 0.570. The molecule has 3 aromatic rings. The molecule has 1 aromatic heterocycles. The van der Waals surface area contributed by atoms with Crippen molar-refractivity contribution in [2.45, 2.75) is 6.42 Å². The molecule has 0 bridgehead atoms. The van der Waals surface area contributed by atoms with Gasteiger partial charge in [-0.1, -0.05) is 41.6 Å². The smallest absolute Gasteiger partial charge is 0.257 e. The molecule has 0 atom stereocenters. The molecule has 4 nitrogen and oxygen atoms in total. The van der Waals surface area contributed by atoms with Crippen molar-refractivity contribution >= 4 is 5.69 Å². The van der Waals surface area contributed by atoms with Crippen LogP contribution in [0.2, 0.25) is 0 Å². The lowest BCUT2D eigenvalue weighted by Gasteiger charge is -2.02. The van der Waals surface area contributed by atoms with Crippen LogP contribution >= 0.6 is 0 Å². The molecule has 0 aliphatic heterocycles. The summed E-state index contributed by atoms with van der Waals surface area (Å²) in [6.07, 6.45) is 0.727. The number of nitrogens with zero attached hydrogens (tertiary/aromatic N) is 2. The predicted octanol–water partition coefficient (Wildman–Crippen LogP) is 3.39. The zero-order valence-electron chi connectivity index (χ0n) is 11.0. The van der Waals surface area contributed by atoms with Gasteiger partial charge < -0.3 is 9.84 Å². The number of benzene rings is 2. The molecule has 2 aromatic carbocycles. The number of para-hydroxylation sites is 1. The molecule has 20 heavy (non-hydrogen) atoms. The second kappa shape index (κ2) is 6.02. The maximum atomic E-state index is 5.26. The average molecular weight is 265 g/mol. The van der Waals surface area contributed by atoms with Gasteiger partial charge in [0.05, 0.1) is 0 Å². The molecule has 0 spiro atoms. The Hall–Kier alpha value is -2.62. The Balaban J connectivity index is 1.58. The van der Waals surface area contributed by atoms with E-state index in [1.54, 1.807) is 0 Å². The van der Waals surface area contributed by atoms with Gasteiger partial charge in [-0.2, -0.15) is 4.98 Å². The molecule has 1 N–H and O–H groups in total. The lowest BCUT2D eigenvalue weighted by molar-refractivity contribution is 0.423. The van der Waals surface area contributed by atoms with Crippen molar-refractivity contribution in [3.63, 3.8) is 0 Å². The fourth-order valence-electron chi connectivity index (χ4n) is 1.93. The van der Waals surface area contributed by atoms with Crippen molar-refractivity contribution in [2.75, 3.05) is 11.9 Å². The molecule has 0 amide bonds. The van der Waals surface area contributed by atoms with Crippen molar-refractivity contribution < 1.29 is 4.52 Å². The van der Waals surface area contributed by atoms with Crippen LogP contribution in [0, 0.1) is 0 Å². The summed E-state index contributed by atoms with van der Waals surface area (Å²) in [5.41, 5.74) is 2.04. The van der Waals surface area contributed by atoms with Crippen LogP contribution in [0.15, 0.2) is 65.2 Å². The molecule has 0 radical (unpaired) electrons. The largest absolute Gasteiger partial charge is 0.385 e. The zero-order chi connectivity index (χ0) is 13.6. The zero-order valence-corrected chi connectivity index (χ0v) is 11.0. The number of aromatic nitrogens is 2. The molecule has 0 saturated heterocycles. The van der Waals surface area contributed by atoms with E-state index in [4.69, 9.17) is 4.52 Å².